The van der Waals surface area contributed by atoms with Gasteiger partial charge >= 0.3 is 0 Å². The highest BCUT2D eigenvalue weighted by Gasteiger charge is 2.42. The third kappa shape index (κ3) is 3.95. The van der Waals surface area contributed by atoms with Crippen LogP contribution >= 0.6 is 0 Å². The van der Waals surface area contributed by atoms with Crippen LogP contribution in [0.2, 0.25) is 0 Å². The smallest absolute Gasteiger partial charge is 0.265 e. The molecule has 1 aliphatic heterocycles. The van der Waals surface area contributed by atoms with Crippen molar-refractivity contribution in [2.45, 2.75) is 25.7 Å². The molecule has 0 aromatic heterocycles. The van der Waals surface area contributed by atoms with E-state index >= 15 is 0 Å². The summed E-state index contributed by atoms with van der Waals surface area (Å²) >= 11 is 0. The number of ether oxygens (including phenoxy) is 1. The average Bonchev–Trinajstić information content (AvgIpc) is 2.84. The molecule has 2 aromatic rings. The van der Waals surface area contributed by atoms with Gasteiger partial charge in [0, 0.05) is 0 Å². The first-order valence-corrected chi connectivity index (χ1v) is 11.9. The molecule has 1 fully saturated rings. The Hall–Kier alpha value is -2.59. The fourth-order valence-electron chi connectivity index (χ4n) is 3.22. The second kappa shape index (κ2) is 7.34. The first-order valence-electron chi connectivity index (χ1n) is 8.81. The minimum atomic E-state index is -4.12. The van der Waals surface area contributed by atoms with Crippen molar-refractivity contribution in [1.29, 1.82) is 0 Å². The van der Waals surface area contributed by atoms with E-state index in [0.717, 1.165) is 17.2 Å². The molecule has 1 aliphatic rings. The van der Waals surface area contributed by atoms with Crippen LogP contribution in [0.3, 0.4) is 0 Å². The molecular weight excluding hydrogens is 416 g/mol. The maximum atomic E-state index is 13.0. The molecule has 1 unspecified atom stereocenters. The highest BCUT2D eigenvalue weighted by Crippen LogP contribution is 2.35. The van der Waals surface area contributed by atoms with E-state index in [9.17, 15) is 21.6 Å². The molecule has 3 rings (SSSR count). The minimum absolute atomic E-state index is 0.0307. The van der Waals surface area contributed by atoms with Gasteiger partial charge in [0.15, 0.2) is 0 Å². The second-order valence-corrected chi connectivity index (χ2v) is 10.6. The zero-order valence-electron chi connectivity index (χ0n) is 16.5. The number of carbonyl (C=O) groups is 1. The Morgan fingerprint density at radius 1 is 1.14 bits per heavy atom. The molecule has 1 amide bonds. The number of aryl methyl sites for hydroxylation is 2. The lowest BCUT2D eigenvalue weighted by atomic mass is 10.1. The standard InChI is InChI=1S/C19H22N2O6S2/c1-12-5-7-16(13(2)9-12)20-29(25,26)18-10-15(6-8-17(18)27-4)21-19(22)14(3)11-28(21,23)24/h5-10,14,20H,11H2,1-4H3. The van der Waals surface area contributed by atoms with E-state index < -0.39 is 31.9 Å². The summed E-state index contributed by atoms with van der Waals surface area (Å²) < 4.78 is 59.2. The summed E-state index contributed by atoms with van der Waals surface area (Å²) in [7, 11) is -6.67. The first-order chi connectivity index (χ1) is 13.5. The molecule has 2 aromatic carbocycles. The number of amides is 1. The maximum Gasteiger partial charge on any atom is 0.265 e. The van der Waals surface area contributed by atoms with Gasteiger partial charge in [0.2, 0.25) is 15.9 Å². The van der Waals surface area contributed by atoms with Crippen LogP contribution in [0, 0.1) is 19.8 Å². The summed E-state index contributed by atoms with van der Waals surface area (Å²) in [5.74, 6) is -1.58. The van der Waals surface area contributed by atoms with Crippen LogP contribution in [0.15, 0.2) is 41.3 Å². The van der Waals surface area contributed by atoms with Crippen LogP contribution in [-0.4, -0.2) is 35.6 Å². The highest BCUT2D eigenvalue weighted by atomic mass is 32.2. The van der Waals surface area contributed by atoms with E-state index in [-0.39, 0.29) is 22.1 Å². The summed E-state index contributed by atoms with van der Waals surface area (Å²) in [5, 5.41) is 0. The maximum absolute atomic E-state index is 13.0. The molecule has 8 nitrogen and oxygen atoms in total. The Kier molecular flexibility index (Phi) is 5.35. The van der Waals surface area contributed by atoms with E-state index in [1.807, 2.05) is 13.0 Å². The van der Waals surface area contributed by atoms with Crippen LogP contribution in [0.1, 0.15) is 18.1 Å². The third-order valence-corrected chi connectivity index (χ3v) is 7.91. The van der Waals surface area contributed by atoms with E-state index in [2.05, 4.69) is 4.72 Å². The molecule has 0 aliphatic carbocycles. The van der Waals surface area contributed by atoms with Crippen molar-refractivity contribution in [2.75, 3.05) is 21.9 Å². The molecular formula is C19H22N2O6S2. The summed E-state index contributed by atoms with van der Waals surface area (Å²) in [5.41, 5.74) is 2.06. The molecule has 1 saturated heterocycles. The molecule has 1 heterocycles. The lowest BCUT2D eigenvalue weighted by Gasteiger charge is -2.18. The fourth-order valence-corrected chi connectivity index (χ4v) is 6.35. The predicted molar refractivity (Wildman–Crippen MR) is 110 cm³/mol. The van der Waals surface area contributed by atoms with Gasteiger partial charge in [-0.15, -0.1) is 0 Å². The van der Waals surface area contributed by atoms with Crippen molar-refractivity contribution < 1.29 is 26.4 Å². The number of nitrogens with zero attached hydrogens (tertiary/aromatic N) is 1. The van der Waals surface area contributed by atoms with E-state index in [0.29, 0.717) is 9.99 Å². The van der Waals surface area contributed by atoms with Gasteiger partial charge in [-0.1, -0.05) is 24.6 Å². The van der Waals surface area contributed by atoms with Crippen LogP contribution < -0.4 is 13.8 Å². The Labute approximate surface area is 170 Å². The van der Waals surface area contributed by atoms with Crippen molar-refractivity contribution in [3.8, 4) is 5.75 Å². The van der Waals surface area contributed by atoms with Gasteiger partial charge in [-0.05, 0) is 43.7 Å². The molecule has 0 bridgehead atoms. The lowest BCUT2D eigenvalue weighted by molar-refractivity contribution is -0.119. The van der Waals surface area contributed by atoms with Crippen LogP contribution in [0.5, 0.6) is 5.75 Å². The van der Waals surface area contributed by atoms with Crippen molar-refractivity contribution in [2.24, 2.45) is 5.92 Å². The van der Waals surface area contributed by atoms with Crippen molar-refractivity contribution in [3.05, 3.63) is 47.5 Å². The molecule has 0 spiro atoms. The SMILES string of the molecule is COc1ccc(N2C(=O)C(C)CS2(=O)=O)cc1S(=O)(=O)Nc1ccc(C)cc1C. The predicted octanol–water partition coefficient (Wildman–Crippen LogP) is 2.43. The van der Waals surface area contributed by atoms with E-state index in [1.165, 1.54) is 26.2 Å². The number of anilines is 2. The molecule has 1 N–H and O–H groups in total. The summed E-state index contributed by atoms with van der Waals surface area (Å²) in [6.45, 7) is 5.18. The molecule has 1 atom stereocenters. The van der Waals surface area contributed by atoms with Crippen molar-refractivity contribution in [1.82, 2.24) is 0 Å². The van der Waals surface area contributed by atoms with Crippen LogP contribution in [0.4, 0.5) is 11.4 Å². The van der Waals surface area contributed by atoms with Gasteiger partial charge in [0.05, 0.1) is 30.2 Å². The quantitative estimate of drug-likeness (QED) is 0.768. The van der Waals surface area contributed by atoms with Gasteiger partial charge in [-0.2, -0.15) is 0 Å². The van der Waals surface area contributed by atoms with Crippen molar-refractivity contribution in [3.63, 3.8) is 0 Å². The van der Waals surface area contributed by atoms with Crippen molar-refractivity contribution >= 4 is 37.3 Å². The molecule has 156 valence electrons. The Bertz CT molecular complexity index is 1190. The molecule has 29 heavy (non-hydrogen) atoms. The molecule has 0 saturated carbocycles. The number of nitrogens with one attached hydrogen (secondary N) is 1. The van der Waals surface area contributed by atoms with Crippen LogP contribution in [-0.2, 0) is 24.8 Å². The Morgan fingerprint density at radius 2 is 1.83 bits per heavy atom. The number of hydrogen-bond donors (Lipinski definition) is 1. The van der Waals surface area contributed by atoms with Gasteiger partial charge in [0.1, 0.15) is 10.6 Å². The number of rotatable bonds is 5. The van der Waals surface area contributed by atoms with Gasteiger partial charge < -0.3 is 4.74 Å². The van der Waals surface area contributed by atoms with Crippen LogP contribution in [0.25, 0.3) is 0 Å². The molecule has 10 heteroatoms. The van der Waals surface area contributed by atoms with E-state index in [4.69, 9.17) is 4.74 Å². The van der Waals surface area contributed by atoms with E-state index in [1.54, 1.807) is 19.1 Å². The number of methoxy groups -OCH3 is 1. The zero-order valence-corrected chi connectivity index (χ0v) is 18.1. The average molecular weight is 439 g/mol. The second-order valence-electron chi connectivity index (χ2n) is 7.04. The number of carbonyl (C=O) groups excluding carboxylic acids is 1. The monoisotopic (exact) mass is 438 g/mol. The minimum Gasteiger partial charge on any atom is -0.495 e. The largest absolute Gasteiger partial charge is 0.495 e. The normalized spacial score (nSPS) is 18.7. The number of sulfonamides is 2. The van der Waals surface area contributed by atoms with Gasteiger partial charge in [-0.25, -0.2) is 21.1 Å². The zero-order chi connectivity index (χ0) is 21.6. The fraction of sp³-hybridized carbons (Fsp3) is 0.316. The Balaban J connectivity index is 2.09. The van der Waals surface area contributed by atoms with Gasteiger partial charge in [0.25, 0.3) is 10.0 Å². The summed E-state index contributed by atoms with van der Waals surface area (Å²) in [4.78, 5) is 12.1. The number of hydrogen-bond acceptors (Lipinski definition) is 6. The number of benzene rings is 2. The molecule has 0 radical (unpaired) electrons. The highest BCUT2D eigenvalue weighted by molar-refractivity contribution is 7.94. The third-order valence-electron chi connectivity index (χ3n) is 4.66. The Morgan fingerprint density at radius 3 is 2.38 bits per heavy atom. The first kappa shape index (κ1) is 21.1. The topological polar surface area (TPSA) is 110 Å². The lowest BCUT2D eigenvalue weighted by Crippen LogP contribution is -2.30. The van der Waals surface area contributed by atoms with Gasteiger partial charge in [-0.3, -0.25) is 9.52 Å². The summed E-state index contributed by atoms with van der Waals surface area (Å²) in [6, 6.07) is 9.07. The summed E-state index contributed by atoms with van der Waals surface area (Å²) in [6.07, 6.45) is 0.